The summed E-state index contributed by atoms with van der Waals surface area (Å²) in [4.78, 5) is 12.9. The van der Waals surface area contributed by atoms with Crippen molar-refractivity contribution in [3.8, 4) is 0 Å². The fraction of sp³-hybridized carbons (Fsp3) is 0.381. The Labute approximate surface area is 170 Å². The number of anilines is 1. The fourth-order valence-corrected chi connectivity index (χ4v) is 5.99. The molecule has 148 valence electrons. The highest BCUT2D eigenvalue weighted by Crippen LogP contribution is 2.44. The first-order valence-corrected chi connectivity index (χ1v) is 11.4. The van der Waals surface area contributed by atoms with Crippen molar-refractivity contribution in [2.45, 2.75) is 36.6 Å². The van der Waals surface area contributed by atoms with Gasteiger partial charge in [0.15, 0.2) is 0 Å². The summed E-state index contributed by atoms with van der Waals surface area (Å²) in [5.41, 5.74) is 0.459. The van der Waals surface area contributed by atoms with Crippen LogP contribution in [0.25, 0.3) is 0 Å². The lowest BCUT2D eigenvalue weighted by molar-refractivity contribution is -0.120. The molecule has 0 radical (unpaired) electrons. The number of carbonyl (C=O) groups excluding carboxylic acids is 1. The van der Waals surface area contributed by atoms with E-state index in [1.54, 1.807) is 24.3 Å². The molecule has 2 aliphatic rings. The Balaban J connectivity index is 1.57. The van der Waals surface area contributed by atoms with E-state index in [4.69, 9.17) is 11.6 Å². The van der Waals surface area contributed by atoms with Crippen LogP contribution in [0, 0.1) is 11.8 Å². The molecular weight excluding hydrogens is 396 g/mol. The zero-order valence-corrected chi connectivity index (χ0v) is 17.0. The Kier molecular flexibility index (Phi) is 5.34. The van der Waals surface area contributed by atoms with Gasteiger partial charge in [0.2, 0.25) is 5.91 Å². The minimum absolute atomic E-state index is 0.105. The second kappa shape index (κ2) is 7.76. The molecule has 2 bridgehead atoms. The molecule has 0 aliphatic heterocycles. The molecule has 2 fully saturated rings. The average Bonchev–Trinajstić information content (AvgIpc) is 3.30. The third-order valence-corrected chi connectivity index (χ3v) is 7.86. The molecule has 2 aromatic rings. The standard InChI is InChI=1S/C21H23ClN2O3S/c22-17-8-10-19(11-9-17)28(26,27)24(18-4-2-1-3-5-18)14-21(25)23-20-13-15-6-7-16(20)12-15/h1-5,8-11,15-16,20H,6-7,12-14H2,(H,23,25)/t15-,16+,20+/m0/s1. The number of carbonyl (C=O) groups is 1. The molecule has 2 aliphatic carbocycles. The van der Waals surface area contributed by atoms with Gasteiger partial charge in [-0.3, -0.25) is 9.10 Å². The Morgan fingerprint density at radius 3 is 2.36 bits per heavy atom. The van der Waals surface area contributed by atoms with Crippen molar-refractivity contribution < 1.29 is 13.2 Å². The van der Waals surface area contributed by atoms with Crippen molar-refractivity contribution in [2.75, 3.05) is 10.8 Å². The van der Waals surface area contributed by atoms with Crippen LogP contribution in [-0.4, -0.2) is 26.9 Å². The van der Waals surface area contributed by atoms with Gasteiger partial charge < -0.3 is 5.32 Å². The summed E-state index contributed by atoms with van der Waals surface area (Å²) in [7, 11) is -3.90. The highest BCUT2D eigenvalue weighted by atomic mass is 35.5. The lowest BCUT2D eigenvalue weighted by Crippen LogP contribution is -2.45. The summed E-state index contributed by atoms with van der Waals surface area (Å²) in [5.74, 6) is 0.976. The third kappa shape index (κ3) is 3.89. The first-order chi connectivity index (χ1) is 13.4. The predicted molar refractivity (Wildman–Crippen MR) is 110 cm³/mol. The summed E-state index contributed by atoms with van der Waals surface area (Å²) in [6, 6.07) is 14.9. The van der Waals surface area contributed by atoms with Crippen LogP contribution < -0.4 is 9.62 Å². The van der Waals surface area contributed by atoms with Gasteiger partial charge in [-0.15, -0.1) is 0 Å². The van der Waals surface area contributed by atoms with E-state index >= 15 is 0 Å². The highest BCUT2D eigenvalue weighted by molar-refractivity contribution is 7.92. The van der Waals surface area contributed by atoms with Crippen LogP contribution in [0.2, 0.25) is 5.02 Å². The van der Waals surface area contributed by atoms with Gasteiger partial charge in [-0.25, -0.2) is 8.42 Å². The molecule has 1 N–H and O–H groups in total. The molecule has 2 saturated carbocycles. The van der Waals surface area contributed by atoms with E-state index < -0.39 is 10.0 Å². The number of hydrogen-bond acceptors (Lipinski definition) is 3. The van der Waals surface area contributed by atoms with Crippen LogP contribution in [0.3, 0.4) is 0 Å². The smallest absolute Gasteiger partial charge is 0.264 e. The number of para-hydroxylation sites is 1. The van der Waals surface area contributed by atoms with Crippen LogP contribution >= 0.6 is 11.6 Å². The van der Waals surface area contributed by atoms with E-state index in [2.05, 4.69) is 5.32 Å². The van der Waals surface area contributed by atoms with Crippen LogP contribution in [0.5, 0.6) is 0 Å². The number of nitrogens with one attached hydrogen (secondary N) is 1. The lowest BCUT2D eigenvalue weighted by atomic mass is 9.95. The molecule has 0 heterocycles. The van der Waals surface area contributed by atoms with Crippen LogP contribution in [-0.2, 0) is 14.8 Å². The van der Waals surface area contributed by atoms with Crippen molar-refractivity contribution in [1.29, 1.82) is 0 Å². The second-order valence-electron chi connectivity index (χ2n) is 7.65. The van der Waals surface area contributed by atoms with Gasteiger partial charge in [0.25, 0.3) is 10.0 Å². The number of halogens is 1. The highest BCUT2D eigenvalue weighted by Gasteiger charge is 2.40. The molecule has 2 aromatic carbocycles. The minimum Gasteiger partial charge on any atom is -0.352 e. The maximum Gasteiger partial charge on any atom is 0.264 e. The minimum atomic E-state index is -3.90. The molecule has 3 atom stereocenters. The summed E-state index contributed by atoms with van der Waals surface area (Å²) >= 11 is 5.90. The topological polar surface area (TPSA) is 66.5 Å². The van der Waals surface area contributed by atoms with E-state index in [1.807, 2.05) is 6.07 Å². The Morgan fingerprint density at radius 1 is 1.04 bits per heavy atom. The first kappa shape index (κ1) is 19.3. The number of nitrogens with zero attached hydrogens (tertiary/aromatic N) is 1. The van der Waals surface area contributed by atoms with Gasteiger partial charge in [-0.2, -0.15) is 0 Å². The van der Waals surface area contributed by atoms with E-state index in [-0.39, 0.29) is 23.4 Å². The van der Waals surface area contributed by atoms with Gasteiger partial charge in [0, 0.05) is 11.1 Å². The van der Waals surface area contributed by atoms with Crippen molar-refractivity contribution in [3.05, 3.63) is 59.6 Å². The molecule has 0 spiro atoms. The number of fused-ring (bicyclic) bond motifs is 2. The summed E-state index contributed by atoms with van der Waals surface area (Å²) in [5, 5.41) is 3.53. The summed E-state index contributed by atoms with van der Waals surface area (Å²) in [6.07, 6.45) is 4.58. The van der Waals surface area contributed by atoms with E-state index in [0.717, 1.165) is 12.8 Å². The number of hydrogen-bond donors (Lipinski definition) is 1. The van der Waals surface area contributed by atoms with Gasteiger partial charge in [0.1, 0.15) is 6.54 Å². The maximum absolute atomic E-state index is 13.2. The number of amides is 1. The zero-order valence-electron chi connectivity index (χ0n) is 15.4. The SMILES string of the molecule is O=C(CN(c1ccccc1)S(=O)(=O)c1ccc(Cl)cc1)N[C@@H]1C[C@H]2CC[C@@H]1C2. The van der Waals surface area contributed by atoms with Crippen LogP contribution in [0.15, 0.2) is 59.5 Å². The molecule has 0 saturated heterocycles. The van der Waals surface area contributed by atoms with Crippen molar-refractivity contribution >= 4 is 33.2 Å². The van der Waals surface area contributed by atoms with Crippen molar-refractivity contribution in [2.24, 2.45) is 11.8 Å². The lowest BCUT2D eigenvalue weighted by Gasteiger charge is -2.27. The summed E-state index contributed by atoms with van der Waals surface area (Å²) < 4.78 is 27.7. The van der Waals surface area contributed by atoms with Gasteiger partial charge in [-0.05, 0) is 67.5 Å². The predicted octanol–water partition coefficient (Wildman–Crippen LogP) is 3.84. The zero-order chi connectivity index (χ0) is 19.7. The second-order valence-corrected chi connectivity index (χ2v) is 9.95. The molecule has 28 heavy (non-hydrogen) atoms. The van der Waals surface area contributed by atoms with Crippen LogP contribution in [0.4, 0.5) is 5.69 Å². The number of rotatable bonds is 6. The fourth-order valence-electron chi connectivity index (χ4n) is 4.45. The number of sulfonamides is 1. The Morgan fingerprint density at radius 2 is 1.75 bits per heavy atom. The van der Waals surface area contributed by atoms with E-state index in [9.17, 15) is 13.2 Å². The number of benzene rings is 2. The largest absolute Gasteiger partial charge is 0.352 e. The molecule has 5 nitrogen and oxygen atoms in total. The molecule has 7 heteroatoms. The van der Waals surface area contributed by atoms with E-state index in [0.29, 0.717) is 22.5 Å². The molecule has 4 rings (SSSR count). The average molecular weight is 419 g/mol. The maximum atomic E-state index is 13.2. The Hall–Kier alpha value is -2.05. The van der Waals surface area contributed by atoms with Gasteiger partial charge in [0.05, 0.1) is 10.6 Å². The third-order valence-electron chi connectivity index (χ3n) is 5.82. The van der Waals surface area contributed by atoms with E-state index in [1.165, 1.54) is 41.4 Å². The molecule has 0 aromatic heterocycles. The quantitative estimate of drug-likeness (QED) is 0.775. The molecular formula is C21H23ClN2O3S. The van der Waals surface area contributed by atoms with Crippen LogP contribution in [0.1, 0.15) is 25.7 Å². The van der Waals surface area contributed by atoms with Gasteiger partial charge in [-0.1, -0.05) is 36.2 Å². The molecule has 0 unspecified atom stereocenters. The molecule has 1 amide bonds. The first-order valence-electron chi connectivity index (χ1n) is 9.56. The van der Waals surface area contributed by atoms with Gasteiger partial charge >= 0.3 is 0 Å². The monoisotopic (exact) mass is 418 g/mol. The van der Waals surface area contributed by atoms with Crippen molar-refractivity contribution in [3.63, 3.8) is 0 Å². The van der Waals surface area contributed by atoms with Crippen molar-refractivity contribution in [1.82, 2.24) is 5.32 Å². The Bertz CT molecular complexity index is 947. The summed E-state index contributed by atoms with van der Waals surface area (Å²) in [6.45, 7) is -0.247. The normalized spacial score (nSPS) is 23.5.